The molecule has 1 nitrogen and oxygen atoms in total. The van der Waals surface area contributed by atoms with Gasteiger partial charge in [0.25, 0.3) is 0 Å². The van der Waals surface area contributed by atoms with Crippen molar-refractivity contribution in [1.82, 2.24) is 0 Å². The Morgan fingerprint density at radius 1 is 1.00 bits per heavy atom. The van der Waals surface area contributed by atoms with E-state index in [9.17, 15) is 4.79 Å². The zero-order valence-electron chi connectivity index (χ0n) is 9.76. The summed E-state index contributed by atoms with van der Waals surface area (Å²) in [5, 5.41) is 0. The molecule has 1 heteroatoms. The van der Waals surface area contributed by atoms with Crippen molar-refractivity contribution >= 4 is 11.9 Å². The van der Waals surface area contributed by atoms with E-state index in [-0.39, 0.29) is 5.78 Å². The topological polar surface area (TPSA) is 17.1 Å². The molecule has 0 bridgehead atoms. The normalized spacial score (nSPS) is 10.6. The molecule has 0 heterocycles. The lowest BCUT2D eigenvalue weighted by atomic mass is 10.1. The maximum atomic E-state index is 11.8. The fraction of sp³-hybridized carbons (Fsp3) is 0.0625. The second-order valence-electron chi connectivity index (χ2n) is 3.98. The largest absolute Gasteiger partial charge is 0.289 e. The molecular formula is C16H14O. The fourth-order valence-electron chi connectivity index (χ4n) is 1.64. The van der Waals surface area contributed by atoms with Crippen molar-refractivity contribution in [3.05, 3.63) is 77.4 Å². The van der Waals surface area contributed by atoms with Gasteiger partial charge in [0.15, 0.2) is 5.78 Å². The van der Waals surface area contributed by atoms with Gasteiger partial charge in [-0.2, -0.15) is 0 Å². The molecule has 17 heavy (non-hydrogen) atoms. The van der Waals surface area contributed by atoms with Gasteiger partial charge in [0.05, 0.1) is 0 Å². The van der Waals surface area contributed by atoms with E-state index in [4.69, 9.17) is 0 Å². The minimum Gasteiger partial charge on any atom is -0.289 e. The molecule has 2 rings (SSSR count). The van der Waals surface area contributed by atoms with Gasteiger partial charge >= 0.3 is 0 Å². The molecule has 0 radical (unpaired) electrons. The summed E-state index contributed by atoms with van der Waals surface area (Å²) in [4.78, 5) is 11.8. The summed E-state index contributed by atoms with van der Waals surface area (Å²) < 4.78 is 0. The van der Waals surface area contributed by atoms with Crippen molar-refractivity contribution in [3.63, 3.8) is 0 Å². The molecule has 2 aromatic carbocycles. The maximum Gasteiger partial charge on any atom is 0.185 e. The number of carbonyl (C=O) groups excluding carboxylic acids is 1. The van der Waals surface area contributed by atoms with Crippen molar-refractivity contribution in [3.8, 4) is 0 Å². The molecule has 0 aliphatic heterocycles. The highest BCUT2D eigenvalue weighted by Gasteiger charge is 1.99. The predicted molar refractivity (Wildman–Crippen MR) is 71.0 cm³/mol. The van der Waals surface area contributed by atoms with Gasteiger partial charge in [-0.25, -0.2) is 0 Å². The number of carbonyl (C=O) groups is 1. The molecule has 84 valence electrons. The second kappa shape index (κ2) is 5.26. The Morgan fingerprint density at radius 2 is 1.76 bits per heavy atom. The Kier molecular flexibility index (Phi) is 3.51. The molecule has 0 amide bonds. The first-order valence-electron chi connectivity index (χ1n) is 5.60. The Balaban J connectivity index is 2.14. The first kappa shape index (κ1) is 11.3. The number of hydrogen-bond acceptors (Lipinski definition) is 1. The van der Waals surface area contributed by atoms with E-state index in [1.165, 1.54) is 5.56 Å². The molecule has 0 N–H and O–H groups in total. The van der Waals surface area contributed by atoms with E-state index in [0.29, 0.717) is 0 Å². The van der Waals surface area contributed by atoms with E-state index in [2.05, 4.69) is 6.07 Å². The van der Waals surface area contributed by atoms with Crippen LogP contribution in [0, 0.1) is 6.92 Å². The van der Waals surface area contributed by atoms with Crippen LogP contribution >= 0.6 is 0 Å². The zero-order valence-corrected chi connectivity index (χ0v) is 9.76. The first-order chi connectivity index (χ1) is 8.25. The van der Waals surface area contributed by atoms with E-state index in [1.54, 1.807) is 6.08 Å². The average molecular weight is 222 g/mol. The zero-order chi connectivity index (χ0) is 12.1. The lowest BCUT2D eigenvalue weighted by molar-refractivity contribution is 0.104. The van der Waals surface area contributed by atoms with E-state index < -0.39 is 0 Å². The summed E-state index contributed by atoms with van der Waals surface area (Å²) in [5.74, 6) is 0.0344. The summed E-state index contributed by atoms with van der Waals surface area (Å²) in [7, 11) is 0. The molecule has 0 spiro atoms. The highest BCUT2D eigenvalue weighted by atomic mass is 16.1. The SMILES string of the molecule is Cc1cccc(/C=C\C(=O)c2ccccc2)c1. The smallest absolute Gasteiger partial charge is 0.185 e. The van der Waals surface area contributed by atoms with Crippen LogP contribution in [0.5, 0.6) is 0 Å². The molecule has 0 unspecified atom stereocenters. The van der Waals surface area contributed by atoms with Crippen LogP contribution in [0.4, 0.5) is 0 Å². The summed E-state index contributed by atoms with van der Waals surface area (Å²) in [6.45, 7) is 2.04. The van der Waals surface area contributed by atoms with Crippen molar-refractivity contribution in [2.45, 2.75) is 6.92 Å². The lowest BCUT2D eigenvalue weighted by Gasteiger charge is -1.96. The minimum absolute atomic E-state index is 0.0344. The molecule has 2 aromatic rings. The highest BCUT2D eigenvalue weighted by Crippen LogP contribution is 2.07. The van der Waals surface area contributed by atoms with Crippen LogP contribution in [0.25, 0.3) is 6.08 Å². The van der Waals surface area contributed by atoms with E-state index in [0.717, 1.165) is 11.1 Å². The number of hydrogen-bond donors (Lipinski definition) is 0. The average Bonchev–Trinajstić information content (AvgIpc) is 2.37. The molecule has 0 fully saturated rings. The van der Waals surface area contributed by atoms with Gasteiger partial charge in [-0.3, -0.25) is 4.79 Å². The molecule has 0 aromatic heterocycles. The van der Waals surface area contributed by atoms with Crippen LogP contribution in [-0.2, 0) is 0 Å². The number of rotatable bonds is 3. The molecule has 0 saturated carbocycles. The van der Waals surface area contributed by atoms with Gasteiger partial charge in [-0.1, -0.05) is 66.2 Å². The van der Waals surface area contributed by atoms with Crippen molar-refractivity contribution in [1.29, 1.82) is 0 Å². The quantitative estimate of drug-likeness (QED) is 0.568. The van der Waals surface area contributed by atoms with Gasteiger partial charge < -0.3 is 0 Å². The van der Waals surface area contributed by atoms with E-state index >= 15 is 0 Å². The highest BCUT2D eigenvalue weighted by molar-refractivity contribution is 6.06. The van der Waals surface area contributed by atoms with Crippen LogP contribution < -0.4 is 0 Å². The number of allylic oxidation sites excluding steroid dienone is 1. The van der Waals surface area contributed by atoms with Crippen molar-refractivity contribution in [2.75, 3.05) is 0 Å². The van der Waals surface area contributed by atoms with Crippen LogP contribution in [0.1, 0.15) is 21.5 Å². The van der Waals surface area contributed by atoms with Gasteiger partial charge in [-0.15, -0.1) is 0 Å². The lowest BCUT2D eigenvalue weighted by Crippen LogP contribution is -1.92. The van der Waals surface area contributed by atoms with Crippen molar-refractivity contribution in [2.24, 2.45) is 0 Å². The standard InChI is InChI=1S/C16H14O/c1-13-6-5-7-14(12-13)10-11-16(17)15-8-3-2-4-9-15/h2-12H,1H3/b11-10-. The van der Waals surface area contributed by atoms with E-state index in [1.807, 2.05) is 61.5 Å². The predicted octanol–water partition coefficient (Wildman–Crippen LogP) is 3.89. The van der Waals surface area contributed by atoms with Crippen LogP contribution in [0.15, 0.2) is 60.7 Å². The third kappa shape index (κ3) is 3.15. The Morgan fingerprint density at radius 3 is 2.47 bits per heavy atom. The number of benzene rings is 2. The van der Waals surface area contributed by atoms with Crippen LogP contribution in [0.2, 0.25) is 0 Å². The third-order valence-electron chi connectivity index (χ3n) is 2.53. The van der Waals surface area contributed by atoms with Gasteiger partial charge in [0, 0.05) is 5.56 Å². The third-order valence-corrected chi connectivity index (χ3v) is 2.53. The van der Waals surface area contributed by atoms with Crippen LogP contribution in [-0.4, -0.2) is 5.78 Å². The summed E-state index contributed by atoms with van der Waals surface area (Å²) >= 11 is 0. The Labute approximate surface area is 101 Å². The molecule has 0 atom stereocenters. The summed E-state index contributed by atoms with van der Waals surface area (Å²) in [6.07, 6.45) is 3.46. The molecule has 0 saturated heterocycles. The van der Waals surface area contributed by atoms with Gasteiger partial charge in [0.2, 0.25) is 0 Å². The minimum atomic E-state index is 0.0344. The Hall–Kier alpha value is -2.15. The molecule has 0 aliphatic carbocycles. The molecular weight excluding hydrogens is 208 g/mol. The molecule has 0 aliphatic rings. The monoisotopic (exact) mass is 222 g/mol. The Bertz CT molecular complexity index is 538. The van der Waals surface area contributed by atoms with Gasteiger partial charge in [-0.05, 0) is 18.6 Å². The maximum absolute atomic E-state index is 11.8. The number of aryl methyl sites for hydroxylation is 1. The number of ketones is 1. The summed E-state index contributed by atoms with van der Waals surface area (Å²) in [6, 6.07) is 17.4. The first-order valence-corrected chi connectivity index (χ1v) is 5.60. The second-order valence-corrected chi connectivity index (χ2v) is 3.98. The summed E-state index contributed by atoms with van der Waals surface area (Å²) in [5.41, 5.74) is 2.96. The van der Waals surface area contributed by atoms with Gasteiger partial charge in [0.1, 0.15) is 0 Å². The fourth-order valence-corrected chi connectivity index (χ4v) is 1.64. The van der Waals surface area contributed by atoms with Crippen LogP contribution in [0.3, 0.4) is 0 Å². The van der Waals surface area contributed by atoms with Crippen molar-refractivity contribution < 1.29 is 4.79 Å².